The molecule has 1 aromatic carbocycles. The number of thiazole rings is 1. The molecule has 3 nitrogen and oxygen atoms in total. The van der Waals surface area contributed by atoms with Gasteiger partial charge in [0.15, 0.2) is 0 Å². The van der Waals surface area contributed by atoms with E-state index in [1.807, 2.05) is 25.1 Å². The van der Waals surface area contributed by atoms with Crippen molar-refractivity contribution < 1.29 is 9.84 Å². The summed E-state index contributed by atoms with van der Waals surface area (Å²) in [6, 6.07) is 5.96. The van der Waals surface area contributed by atoms with Gasteiger partial charge in [0.05, 0.1) is 28.8 Å². The van der Waals surface area contributed by atoms with Crippen LogP contribution in [0.1, 0.15) is 11.3 Å². The zero-order valence-electron chi connectivity index (χ0n) is 9.53. The summed E-state index contributed by atoms with van der Waals surface area (Å²) >= 11 is 4.89. The molecular formula is C12H12BrNO2S. The molecule has 5 heteroatoms. The Balaban J connectivity index is 2.54. The average molecular weight is 314 g/mol. The molecule has 90 valence electrons. The fourth-order valence-corrected chi connectivity index (χ4v) is 3.03. The highest BCUT2D eigenvalue weighted by Gasteiger charge is 2.13. The van der Waals surface area contributed by atoms with Crippen molar-refractivity contribution >= 4 is 27.3 Å². The Morgan fingerprint density at radius 3 is 2.82 bits per heavy atom. The van der Waals surface area contributed by atoms with Crippen LogP contribution in [0.15, 0.2) is 22.0 Å². The monoisotopic (exact) mass is 313 g/mol. The van der Waals surface area contributed by atoms with Crippen LogP contribution >= 0.6 is 27.3 Å². The lowest BCUT2D eigenvalue weighted by Crippen LogP contribution is -1.89. The van der Waals surface area contributed by atoms with Crippen molar-refractivity contribution in [1.82, 2.24) is 4.98 Å². The van der Waals surface area contributed by atoms with Gasteiger partial charge in [0.25, 0.3) is 0 Å². The predicted octanol–water partition coefficient (Wildman–Crippen LogP) is 3.38. The van der Waals surface area contributed by atoms with Gasteiger partial charge in [-0.3, -0.25) is 0 Å². The number of halogens is 1. The molecule has 0 fully saturated rings. The molecule has 2 rings (SSSR count). The lowest BCUT2D eigenvalue weighted by Gasteiger charge is -2.06. The molecule has 1 aromatic heterocycles. The van der Waals surface area contributed by atoms with Crippen molar-refractivity contribution in [1.29, 1.82) is 0 Å². The van der Waals surface area contributed by atoms with Crippen molar-refractivity contribution in [3.05, 3.63) is 33.2 Å². The summed E-state index contributed by atoms with van der Waals surface area (Å²) in [6.07, 6.45) is 0. The molecule has 0 aliphatic heterocycles. The van der Waals surface area contributed by atoms with Gasteiger partial charge in [0.1, 0.15) is 10.8 Å². The van der Waals surface area contributed by atoms with Gasteiger partial charge in [0.2, 0.25) is 0 Å². The minimum absolute atomic E-state index is 0.0643. The van der Waals surface area contributed by atoms with Gasteiger partial charge in [0, 0.05) is 0 Å². The number of hydrogen-bond acceptors (Lipinski definition) is 4. The number of methoxy groups -OCH3 is 1. The number of rotatable bonds is 3. The van der Waals surface area contributed by atoms with Crippen LogP contribution in [0.5, 0.6) is 5.75 Å². The second-order valence-electron chi connectivity index (χ2n) is 3.60. The number of hydrogen-bond donors (Lipinski definition) is 1. The molecule has 0 spiro atoms. The number of benzene rings is 1. The Hall–Kier alpha value is -0.910. The number of aliphatic hydroxyl groups is 1. The molecule has 17 heavy (non-hydrogen) atoms. The van der Waals surface area contributed by atoms with Crippen molar-refractivity contribution in [2.75, 3.05) is 7.11 Å². The third-order valence-corrected chi connectivity index (χ3v) is 4.25. The molecule has 0 amide bonds. The predicted molar refractivity (Wildman–Crippen MR) is 72.5 cm³/mol. The van der Waals surface area contributed by atoms with Crippen LogP contribution in [-0.4, -0.2) is 17.2 Å². The highest BCUT2D eigenvalue weighted by molar-refractivity contribution is 9.11. The maximum absolute atomic E-state index is 9.14. The van der Waals surface area contributed by atoms with Gasteiger partial charge in [-0.1, -0.05) is 11.6 Å². The molecule has 1 N–H and O–H groups in total. The highest BCUT2D eigenvalue weighted by atomic mass is 79.9. The summed E-state index contributed by atoms with van der Waals surface area (Å²) < 4.78 is 6.19. The molecule has 0 saturated heterocycles. The molecule has 2 aromatic rings. The lowest BCUT2D eigenvalue weighted by atomic mass is 10.1. The quantitative estimate of drug-likeness (QED) is 0.944. The summed E-state index contributed by atoms with van der Waals surface area (Å²) in [5.74, 6) is 0.793. The van der Waals surface area contributed by atoms with Crippen LogP contribution in [0.25, 0.3) is 10.6 Å². The zero-order chi connectivity index (χ0) is 12.4. The average Bonchev–Trinajstić information content (AvgIpc) is 2.70. The lowest BCUT2D eigenvalue weighted by molar-refractivity contribution is 0.277. The first-order valence-corrected chi connectivity index (χ1v) is 6.67. The molecule has 0 aliphatic carbocycles. The molecule has 0 aliphatic rings. The summed E-state index contributed by atoms with van der Waals surface area (Å²) in [7, 11) is 1.64. The van der Waals surface area contributed by atoms with E-state index < -0.39 is 0 Å². The van der Waals surface area contributed by atoms with E-state index >= 15 is 0 Å². The molecule has 0 radical (unpaired) electrons. The topological polar surface area (TPSA) is 42.4 Å². The number of aliphatic hydroxyl groups excluding tert-OH is 1. The third kappa shape index (κ3) is 2.51. The SMILES string of the molecule is COc1ccc(C)cc1-c1nc(CO)c(Br)s1. The first kappa shape index (κ1) is 12.5. The van der Waals surface area contributed by atoms with Gasteiger partial charge in [-0.2, -0.15) is 0 Å². The van der Waals surface area contributed by atoms with Crippen molar-refractivity contribution in [3.63, 3.8) is 0 Å². The summed E-state index contributed by atoms with van der Waals surface area (Å²) in [4.78, 5) is 4.39. The maximum Gasteiger partial charge on any atom is 0.129 e. The van der Waals surface area contributed by atoms with E-state index in [4.69, 9.17) is 9.84 Å². The number of aromatic nitrogens is 1. The second kappa shape index (κ2) is 5.16. The van der Waals surface area contributed by atoms with E-state index in [2.05, 4.69) is 20.9 Å². The van der Waals surface area contributed by atoms with Crippen LogP contribution in [0.2, 0.25) is 0 Å². The highest BCUT2D eigenvalue weighted by Crippen LogP contribution is 2.37. The van der Waals surface area contributed by atoms with Crippen LogP contribution in [0, 0.1) is 6.92 Å². The van der Waals surface area contributed by atoms with Gasteiger partial charge in [-0.05, 0) is 35.0 Å². The maximum atomic E-state index is 9.14. The smallest absolute Gasteiger partial charge is 0.129 e. The fraction of sp³-hybridized carbons (Fsp3) is 0.250. The van der Waals surface area contributed by atoms with E-state index in [0.717, 1.165) is 25.7 Å². The molecular weight excluding hydrogens is 302 g/mol. The summed E-state index contributed by atoms with van der Waals surface area (Å²) in [5.41, 5.74) is 2.77. The number of aryl methyl sites for hydroxylation is 1. The van der Waals surface area contributed by atoms with Crippen LogP contribution in [0.3, 0.4) is 0 Å². The fourth-order valence-electron chi connectivity index (χ4n) is 1.53. The van der Waals surface area contributed by atoms with E-state index in [9.17, 15) is 0 Å². The zero-order valence-corrected chi connectivity index (χ0v) is 11.9. The second-order valence-corrected chi connectivity index (χ2v) is 5.92. The molecule has 0 bridgehead atoms. The standard InChI is InChI=1S/C12H12BrNO2S/c1-7-3-4-10(16-2)8(5-7)12-14-9(6-15)11(13)17-12/h3-5,15H,6H2,1-2H3. The minimum Gasteiger partial charge on any atom is -0.496 e. The normalized spacial score (nSPS) is 10.6. The Kier molecular flexibility index (Phi) is 3.81. The summed E-state index contributed by atoms with van der Waals surface area (Å²) in [5, 5.41) is 9.99. The minimum atomic E-state index is -0.0643. The third-order valence-electron chi connectivity index (χ3n) is 2.38. The van der Waals surface area contributed by atoms with Crippen molar-refractivity contribution in [2.45, 2.75) is 13.5 Å². The summed E-state index contributed by atoms with van der Waals surface area (Å²) in [6.45, 7) is 1.96. The molecule has 1 heterocycles. The largest absolute Gasteiger partial charge is 0.496 e. The van der Waals surface area contributed by atoms with Gasteiger partial charge < -0.3 is 9.84 Å². The Bertz CT molecular complexity index is 539. The first-order valence-electron chi connectivity index (χ1n) is 5.06. The molecule has 0 unspecified atom stereocenters. The van der Waals surface area contributed by atoms with E-state index in [1.165, 1.54) is 11.3 Å². The van der Waals surface area contributed by atoms with E-state index in [1.54, 1.807) is 7.11 Å². The first-order chi connectivity index (χ1) is 8.15. The van der Waals surface area contributed by atoms with Gasteiger partial charge in [-0.25, -0.2) is 4.98 Å². The van der Waals surface area contributed by atoms with E-state index in [0.29, 0.717) is 5.69 Å². The number of ether oxygens (including phenoxy) is 1. The van der Waals surface area contributed by atoms with E-state index in [-0.39, 0.29) is 6.61 Å². The van der Waals surface area contributed by atoms with Crippen LogP contribution < -0.4 is 4.74 Å². The van der Waals surface area contributed by atoms with Crippen LogP contribution in [0.4, 0.5) is 0 Å². The van der Waals surface area contributed by atoms with Crippen LogP contribution in [-0.2, 0) is 6.61 Å². The molecule has 0 atom stereocenters. The number of nitrogens with zero attached hydrogens (tertiary/aromatic N) is 1. The van der Waals surface area contributed by atoms with Gasteiger partial charge >= 0.3 is 0 Å². The molecule has 0 saturated carbocycles. The Labute approximate surface area is 112 Å². The van der Waals surface area contributed by atoms with Crippen molar-refractivity contribution in [2.24, 2.45) is 0 Å². The van der Waals surface area contributed by atoms with Gasteiger partial charge in [-0.15, -0.1) is 11.3 Å². The Morgan fingerprint density at radius 1 is 1.47 bits per heavy atom. The van der Waals surface area contributed by atoms with Crippen molar-refractivity contribution in [3.8, 4) is 16.3 Å². The Morgan fingerprint density at radius 2 is 2.24 bits per heavy atom.